The molecule has 1 aliphatic carbocycles. The molecule has 3 heteroatoms. The molecule has 1 saturated carbocycles. The summed E-state index contributed by atoms with van der Waals surface area (Å²) >= 11 is 0. The lowest BCUT2D eigenvalue weighted by molar-refractivity contribution is -0.117. The molecule has 1 N–H and O–H groups in total. The normalized spacial score (nSPS) is 14.8. The Hall–Kier alpha value is -2.29. The maximum atomic E-state index is 11.9. The van der Waals surface area contributed by atoms with Gasteiger partial charge in [-0.25, -0.2) is 0 Å². The number of nitrogens with zero attached hydrogens (tertiary/aromatic N) is 1. The van der Waals surface area contributed by atoms with Crippen molar-refractivity contribution in [2.45, 2.75) is 12.8 Å². The van der Waals surface area contributed by atoms with Crippen LogP contribution in [0.5, 0.6) is 0 Å². The minimum Gasteiger partial charge on any atom is -0.344 e. The Bertz CT molecular complexity index is 827. The molecule has 0 radical (unpaired) electrons. The molecule has 0 atom stereocenters. The lowest BCUT2D eigenvalue weighted by Gasteiger charge is -2.04. The first-order valence-corrected chi connectivity index (χ1v) is 7.02. The van der Waals surface area contributed by atoms with E-state index in [0.717, 1.165) is 18.5 Å². The van der Waals surface area contributed by atoms with Crippen molar-refractivity contribution in [3.63, 3.8) is 0 Å². The number of amides is 1. The van der Waals surface area contributed by atoms with Gasteiger partial charge in [-0.15, -0.1) is 0 Å². The Morgan fingerprint density at radius 1 is 1.10 bits per heavy atom. The van der Waals surface area contributed by atoms with E-state index in [4.69, 9.17) is 0 Å². The summed E-state index contributed by atoms with van der Waals surface area (Å²) in [6, 6.07) is 14.5. The van der Waals surface area contributed by atoms with Crippen molar-refractivity contribution in [3.05, 3.63) is 42.5 Å². The number of para-hydroxylation sites is 1. The topological polar surface area (TPSA) is 34.0 Å². The number of hydrogen-bond donors (Lipinski definition) is 1. The van der Waals surface area contributed by atoms with Gasteiger partial charge in [-0.3, -0.25) is 4.79 Å². The molecule has 4 rings (SSSR count). The van der Waals surface area contributed by atoms with E-state index in [1.807, 2.05) is 6.07 Å². The number of benzene rings is 2. The van der Waals surface area contributed by atoms with Gasteiger partial charge in [-0.2, -0.15) is 0 Å². The highest BCUT2D eigenvalue weighted by molar-refractivity contribution is 6.09. The Morgan fingerprint density at radius 2 is 1.85 bits per heavy atom. The van der Waals surface area contributed by atoms with Crippen LogP contribution in [0.25, 0.3) is 21.8 Å². The van der Waals surface area contributed by atoms with Gasteiger partial charge in [0.15, 0.2) is 0 Å². The van der Waals surface area contributed by atoms with Crippen LogP contribution < -0.4 is 5.32 Å². The number of rotatable bonds is 2. The summed E-state index contributed by atoms with van der Waals surface area (Å²) < 4.78 is 2.19. The summed E-state index contributed by atoms with van der Waals surface area (Å²) in [6.45, 7) is 0. The Balaban J connectivity index is 1.85. The van der Waals surface area contributed by atoms with Crippen molar-refractivity contribution in [1.29, 1.82) is 0 Å². The minimum atomic E-state index is 0.157. The van der Waals surface area contributed by atoms with Crippen LogP contribution >= 0.6 is 0 Å². The molecule has 3 aromatic rings. The van der Waals surface area contributed by atoms with Crippen LogP contribution in [0.15, 0.2) is 42.5 Å². The third kappa shape index (κ3) is 1.70. The summed E-state index contributed by atoms with van der Waals surface area (Å²) in [5, 5.41) is 5.44. The number of fused-ring (bicyclic) bond motifs is 3. The maximum absolute atomic E-state index is 11.9. The first-order chi connectivity index (χ1) is 9.74. The SMILES string of the molecule is Cn1c2ccccc2c2cc(NC(=O)C3CC3)ccc21. The van der Waals surface area contributed by atoms with Crippen molar-refractivity contribution in [3.8, 4) is 0 Å². The largest absolute Gasteiger partial charge is 0.344 e. The van der Waals surface area contributed by atoms with Gasteiger partial charge in [0.1, 0.15) is 0 Å². The Kier molecular flexibility index (Phi) is 2.36. The lowest BCUT2D eigenvalue weighted by atomic mass is 10.1. The second kappa shape index (κ2) is 4.10. The van der Waals surface area contributed by atoms with Gasteiger partial charge < -0.3 is 9.88 Å². The molecule has 1 heterocycles. The van der Waals surface area contributed by atoms with Crippen LogP contribution in [0.2, 0.25) is 0 Å². The molecule has 0 saturated heterocycles. The molecule has 0 unspecified atom stereocenters. The molecular formula is C17H16N2O. The van der Waals surface area contributed by atoms with Crippen molar-refractivity contribution in [2.75, 3.05) is 5.32 Å². The average Bonchev–Trinajstić information content (AvgIpc) is 3.28. The number of aryl methyl sites for hydroxylation is 1. The zero-order chi connectivity index (χ0) is 13.7. The quantitative estimate of drug-likeness (QED) is 0.752. The number of carbonyl (C=O) groups excluding carboxylic acids is 1. The van der Waals surface area contributed by atoms with Gasteiger partial charge in [0.2, 0.25) is 5.91 Å². The van der Waals surface area contributed by atoms with E-state index in [-0.39, 0.29) is 11.8 Å². The fourth-order valence-electron chi connectivity index (χ4n) is 2.84. The number of aromatic nitrogens is 1. The number of hydrogen-bond acceptors (Lipinski definition) is 1. The van der Waals surface area contributed by atoms with E-state index >= 15 is 0 Å². The fraction of sp³-hybridized carbons (Fsp3) is 0.235. The zero-order valence-electron chi connectivity index (χ0n) is 11.4. The van der Waals surface area contributed by atoms with Crippen molar-refractivity contribution in [1.82, 2.24) is 4.57 Å². The highest BCUT2D eigenvalue weighted by atomic mass is 16.2. The van der Waals surface area contributed by atoms with E-state index < -0.39 is 0 Å². The first kappa shape index (κ1) is 11.5. The minimum absolute atomic E-state index is 0.157. The van der Waals surface area contributed by atoms with Gasteiger partial charge >= 0.3 is 0 Å². The standard InChI is InChI=1S/C17H16N2O/c1-19-15-5-3-2-4-13(15)14-10-12(8-9-16(14)19)18-17(20)11-6-7-11/h2-5,8-11H,6-7H2,1H3,(H,18,20). The Labute approximate surface area is 117 Å². The van der Waals surface area contributed by atoms with Gasteiger partial charge in [0, 0.05) is 40.5 Å². The van der Waals surface area contributed by atoms with Crippen molar-refractivity contribution in [2.24, 2.45) is 13.0 Å². The highest BCUT2D eigenvalue weighted by Crippen LogP contribution is 2.32. The molecule has 1 aromatic heterocycles. The van der Waals surface area contributed by atoms with Crippen LogP contribution in [-0.2, 0) is 11.8 Å². The van der Waals surface area contributed by atoms with E-state index in [0.29, 0.717) is 0 Å². The number of anilines is 1. The van der Waals surface area contributed by atoms with E-state index in [1.54, 1.807) is 0 Å². The van der Waals surface area contributed by atoms with E-state index in [9.17, 15) is 4.79 Å². The molecule has 2 aromatic carbocycles. The van der Waals surface area contributed by atoms with Gasteiger partial charge in [-0.1, -0.05) is 18.2 Å². The summed E-state index contributed by atoms with van der Waals surface area (Å²) in [6.07, 6.45) is 2.06. The van der Waals surface area contributed by atoms with Gasteiger partial charge in [0.25, 0.3) is 0 Å². The third-order valence-electron chi connectivity index (χ3n) is 4.13. The molecule has 1 amide bonds. The second-order valence-corrected chi connectivity index (χ2v) is 5.57. The number of nitrogens with one attached hydrogen (secondary N) is 1. The molecule has 0 spiro atoms. The fourth-order valence-corrected chi connectivity index (χ4v) is 2.84. The predicted octanol–water partition coefficient (Wildman–Crippen LogP) is 3.68. The average molecular weight is 264 g/mol. The molecule has 1 fully saturated rings. The summed E-state index contributed by atoms with van der Waals surface area (Å²) in [5.41, 5.74) is 3.30. The van der Waals surface area contributed by atoms with E-state index in [2.05, 4.69) is 53.3 Å². The van der Waals surface area contributed by atoms with E-state index in [1.165, 1.54) is 21.8 Å². The van der Waals surface area contributed by atoms with Crippen LogP contribution in [0.3, 0.4) is 0 Å². The smallest absolute Gasteiger partial charge is 0.227 e. The molecule has 3 nitrogen and oxygen atoms in total. The van der Waals surface area contributed by atoms with Crippen LogP contribution in [0, 0.1) is 5.92 Å². The molecular weight excluding hydrogens is 248 g/mol. The molecule has 100 valence electrons. The van der Waals surface area contributed by atoms with Crippen LogP contribution in [-0.4, -0.2) is 10.5 Å². The lowest BCUT2D eigenvalue weighted by Crippen LogP contribution is -2.13. The predicted molar refractivity (Wildman–Crippen MR) is 81.8 cm³/mol. The zero-order valence-corrected chi connectivity index (χ0v) is 11.4. The van der Waals surface area contributed by atoms with Crippen LogP contribution in [0.4, 0.5) is 5.69 Å². The first-order valence-electron chi connectivity index (χ1n) is 7.02. The Morgan fingerprint density at radius 3 is 2.65 bits per heavy atom. The third-order valence-corrected chi connectivity index (χ3v) is 4.13. The van der Waals surface area contributed by atoms with Crippen LogP contribution in [0.1, 0.15) is 12.8 Å². The summed E-state index contributed by atoms with van der Waals surface area (Å²) in [5.74, 6) is 0.391. The highest BCUT2D eigenvalue weighted by Gasteiger charge is 2.29. The maximum Gasteiger partial charge on any atom is 0.227 e. The summed E-state index contributed by atoms with van der Waals surface area (Å²) in [7, 11) is 2.08. The monoisotopic (exact) mass is 264 g/mol. The molecule has 20 heavy (non-hydrogen) atoms. The second-order valence-electron chi connectivity index (χ2n) is 5.57. The van der Waals surface area contributed by atoms with Crippen molar-refractivity contribution >= 4 is 33.4 Å². The number of carbonyl (C=O) groups is 1. The molecule has 0 bridgehead atoms. The molecule has 0 aliphatic heterocycles. The van der Waals surface area contributed by atoms with Gasteiger partial charge in [-0.05, 0) is 37.1 Å². The molecule has 1 aliphatic rings. The van der Waals surface area contributed by atoms with Gasteiger partial charge in [0.05, 0.1) is 0 Å². The summed E-state index contributed by atoms with van der Waals surface area (Å²) in [4.78, 5) is 11.9. The van der Waals surface area contributed by atoms with Crippen molar-refractivity contribution < 1.29 is 4.79 Å².